The van der Waals surface area contributed by atoms with Crippen molar-refractivity contribution >= 4 is 11.3 Å². The molecule has 0 bridgehead atoms. The van der Waals surface area contributed by atoms with Crippen LogP contribution in [-0.2, 0) is 6.42 Å². The standard InChI is InChI=1S/C12H18N2S/c1-12(2)6-7(12)11-14-9-5-3-4-8(13)10(9)15-11/h7-8H,3-6,13H2,1-2H3. The number of nitrogens with two attached hydrogens (primary N) is 1. The summed E-state index contributed by atoms with van der Waals surface area (Å²) < 4.78 is 0. The van der Waals surface area contributed by atoms with Crippen molar-refractivity contribution in [1.29, 1.82) is 0 Å². The van der Waals surface area contributed by atoms with Crippen LogP contribution in [0, 0.1) is 5.41 Å². The molecule has 0 aromatic carbocycles. The number of nitrogens with zero attached hydrogens (tertiary/aromatic N) is 1. The average molecular weight is 222 g/mol. The minimum absolute atomic E-state index is 0.266. The Morgan fingerprint density at radius 2 is 2.20 bits per heavy atom. The van der Waals surface area contributed by atoms with Crippen molar-refractivity contribution in [3.63, 3.8) is 0 Å². The number of thiazole rings is 1. The molecule has 2 aliphatic rings. The van der Waals surface area contributed by atoms with Crippen LogP contribution in [0.1, 0.15) is 60.6 Å². The quantitative estimate of drug-likeness (QED) is 0.793. The molecule has 1 fully saturated rings. The van der Waals surface area contributed by atoms with E-state index in [1.54, 1.807) is 0 Å². The van der Waals surface area contributed by atoms with Crippen molar-refractivity contribution in [3.8, 4) is 0 Å². The van der Waals surface area contributed by atoms with Crippen LogP contribution in [0.5, 0.6) is 0 Å². The maximum absolute atomic E-state index is 6.12. The maximum atomic E-state index is 6.12. The molecule has 82 valence electrons. The minimum atomic E-state index is 0.266. The third-order valence-electron chi connectivity index (χ3n) is 3.82. The summed E-state index contributed by atoms with van der Waals surface area (Å²) in [6.07, 6.45) is 4.80. The Bertz CT molecular complexity index is 394. The van der Waals surface area contributed by atoms with Gasteiger partial charge in [-0.25, -0.2) is 4.98 Å². The molecule has 3 rings (SSSR count). The first-order valence-corrected chi connectivity index (χ1v) is 6.64. The third kappa shape index (κ3) is 1.53. The van der Waals surface area contributed by atoms with Crippen LogP contribution in [0.15, 0.2) is 0 Å². The Morgan fingerprint density at radius 1 is 1.47 bits per heavy atom. The van der Waals surface area contributed by atoms with Gasteiger partial charge in [-0.05, 0) is 31.1 Å². The fourth-order valence-corrected chi connectivity index (χ4v) is 3.97. The topological polar surface area (TPSA) is 38.9 Å². The average Bonchev–Trinajstić information content (AvgIpc) is 2.62. The predicted molar refractivity (Wildman–Crippen MR) is 63.1 cm³/mol. The van der Waals surface area contributed by atoms with Gasteiger partial charge in [0.15, 0.2) is 0 Å². The van der Waals surface area contributed by atoms with Gasteiger partial charge in [0.2, 0.25) is 0 Å². The molecule has 15 heavy (non-hydrogen) atoms. The molecule has 1 aromatic rings. The van der Waals surface area contributed by atoms with Crippen molar-refractivity contribution < 1.29 is 0 Å². The Balaban J connectivity index is 1.93. The second kappa shape index (κ2) is 3.05. The number of rotatable bonds is 1. The van der Waals surface area contributed by atoms with E-state index in [4.69, 9.17) is 10.7 Å². The molecule has 0 spiro atoms. The number of hydrogen-bond acceptors (Lipinski definition) is 3. The van der Waals surface area contributed by atoms with Crippen molar-refractivity contribution in [1.82, 2.24) is 4.98 Å². The zero-order chi connectivity index (χ0) is 10.6. The van der Waals surface area contributed by atoms with Crippen LogP contribution in [0.2, 0.25) is 0 Å². The molecule has 2 atom stereocenters. The van der Waals surface area contributed by atoms with Gasteiger partial charge in [-0.2, -0.15) is 0 Å². The van der Waals surface area contributed by atoms with Gasteiger partial charge in [0.05, 0.1) is 10.7 Å². The van der Waals surface area contributed by atoms with E-state index in [1.165, 1.54) is 28.4 Å². The van der Waals surface area contributed by atoms with Crippen molar-refractivity contribution in [3.05, 3.63) is 15.6 Å². The Kier molecular flexibility index (Phi) is 1.99. The van der Waals surface area contributed by atoms with Gasteiger partial charge in [-0.1, -0.05) is 13.8 Å². The Morgan fingerprint density at radius 3 is 2.80 bits per heavy atom. The minimum Gasteiger partial charge on any atom is -0.323 e. The van der Waals surface area contributed by atoms with E-state index in [-0.39, 0.29) is 6.04 Å². The second-order valence-corrected chi connectivity index (χ2v) is 6.67. The van der Waals surface area contributed by atoms with Gasteiger partial charge in [-0.3, -0.25) is 0 Å². The molecule has 0 amide bonds. The summed E-state index contributed by atoms with van der Waals surface area (Å²) >= 11 is 1.88. The van der Waals surface area contributed by atoms with E-state index in [0.29, 0.717) is 11.3 Å². The molecular weight excluding hydrogens is 204 g/mol. The summed E-state index contributed by atoms with van der Waals surface area (Å²) in [5.74, 6) is 0.709. The molecule has 2 nitrogen and oxygen atoms in total. The zero-order valence-corrected chi connectivity index (χ0v) is 10.2. The number of fused-ring (bicyclic) bond motifs is 1. The lowest BCUT2D eigenvalue weighted by Gasteiger charge is -2.15. The smallest absolute Gasteiger partial charge is 0.0968 e. The lowest BCUT2D eigenvalue weighted by molar-refractivity contribution is 0.571. The monoisotopic (exact) mass is 222 g/mol. The van der Waals surface area contributed by atoms with Gasteiger partial charge >= 0.3 is 0 Å². The molecule has 2 unspecified atom stereocenters. The van der Waals surface area contributed by atoms with Gasteiger partial charge < -0.3 is 5.73 Å². The lowest BCUT2D eigenvalue weighted by Crippen LogP contribution is -2.15. The highest BCUT2D eigenvalue weighted by Gasteiger charge is 2.48. The highest BCUT2D eigenvalue weighted by molar-refractivity contribution is 7.12. The molecule has 0 aliphatic heterocycles. The zero-order valence-electron chi connectivity index (χ0n) is 9.42. The van der Waals surface area contributed by atoms with Crippen LogP contribution in [0.4, 0.5) is 0 Å². The Hall–Kier alpha value is -0.410. The van der Waals surface area contributed by atoms with Crippen LogP contribution in [0.25, 0.3) is 0 Å². The van der Waals surface area contributed by atoms with Gasteiger partial charge in [0.1, 0.15) is 0 Å². The molecule has 1 heterocycles. The maximum Gasteiger partial charge on any atom is 0.0968 e. The van der Waals surface area contributed by atoms with Crippen LogP contribution in [-0.4, -0.2) is 4.98 Å². The van der Waals surface area contributed by atoms with E-state index in [2.05, 4.69) is 13.8 Å². The van der Waals surface area contributed by atoms with Gasteiger partial charge in [-0.15, -0.1) is 11.3 Å². The lowest BCUT2D eigenvalue weighted by atomic mass is 9.99. The second-order valence-electron chi connectivity index (χ2n) is 5.61. The first kappa shape index (κ1) is 9.79. The van der Waals surface area contributed by atoms with Crippen molar-refractivity contribution in [2.24, 2.45) is 11.1 Å². The van der Waals surface area contributed by atoms with Crippen LogP contribution >= 0.6 is 11.3 Å². The molecule has 0 radical (unpaired) electrons. The number of aromatic nitrogens is 1. The number of aryl methyl sites for hydroxylation is 1. The highest BCUT2D eigenvalue weighted by Crippen LogP contribution is 2.59. The molecule has 3 heteroatoms. The first-order chi connectivity index (χ1) is 7.08. The number of hydrogen-bond donors (Lipinski definition) is 1. The largest absolute Gasteiger partial charge is 0.323 e. The van der Waals surface area contributed by atoms with E-state index < -0.39 is 0 Å². The Labute approximate surface area is 94.9 Å². The summed E-state index contributed by atoms with van der Waals surface area (Å²) in [7, 11) is 0. The SMILES string of the molecule is CC1(C)CC1c1nc2c(s1)C(N)CCC2. The fraction of sp³-hybridized carbons (Fsp3) is 0.750. The van der Waals surface area contributed by atoms with E-state index in [9.17, 15) is 0 Å². The normalized spacial score (nSPS) is 32.5. The molecule has 2 aliphatic carbocycles. The van der Waals surface area contributed by atoms with Crippen LogP contribution in [0.3, 0.4) is 0 Å². The third-order valence-corrected chi connectivity index (χ3v) is 5.16. The molecule has 1 aromatic heterocycles. The molecule has 1 saturated carbocycles. The first-order valence-electron chi connectivity index (χ1n) is 5.83. The van der Waals surface area contributed by atoms with Crippen molar-refractivity contribution in [2.75, 3.05) is 0 Å². The summed E-state index contributed by atoms with van der Waals surface area (Å²) in [5, 5.41) is 1.35. The van der Waals surface area contributed by atoms with Gasteiger partial charge in [0, 0.05) is 16.8 Å². The van der Waals surface area contributed by atoms with E-state index in [1.807, 2.05) is 11.3 Å². The fourth-order valence-electron chi connectivity index (χ4n) is 2.51. The predicted octanol–water partition coefficient (Wildman–Crippen LogP) is 2.99. The molecule has 2 N–H and O–H groups in total. The molecular formula is C12H18N2S. The highest BCUT2D eigenvalue weighted by atomic mass is 32.1. The van der Waals surface area contributed by atoms with E-state index in [0.717, 1.165) is 12.8 Å². The molecule has 0 saturated heterocycles. The van der Waals surface area contributed by atoms with E-state index >= 15 is 0 Å². The summed E-state index contributed by atoms with van der Waals surface area (Å²) in [5.41, 5.74) is 7.91. The summed E-state index contributed by atoms with van der Waals surface area (Å²) in [6, 6.07) is 0.266. The summed E-state index contributed by atoms with van der Waals surface area (Å²) in [6.45, 7) is 4.66. The summed E-state index contributed by atoms with van der Waals surface area (Å²) in [4.78, 5) is 6.17. The van der Waals surface area contributed by atoms with Crippen molar-refractivity contribution in [2.45, 2.75) is 51.5 Å². The van der Waals surface area contributed by atoms with Crippen LogP contribution < -0.4 is 5.73 Å². The van der Waals surface area contributed by atoms with Gasteiger partial charge in [0.25, 0.3) is 0 Å².